The molecule has 5 heteroatoms. The number of anilines is 1. The summed E-state index contributed by atoms with van der Waals surface area (Å²) in [5.74, 6) is 1.56. The maximum atomic E-state index is 5.44. The number of rotatable bonds is 9. The molecule has 0 atom stereocenters. The van der Waals surface area contributed by atoms with Crippen molar-refractivity contribution in [3.05, 3.63) is 60.4 Å². The minimum atomic E-state index is 0.318. The molecule has 0 fully saturated rings. The van der Waals surface area contributed by atoms with Crippen molar-refractivity contribution in [2.45, 2.75) is 33.0 Å². The first kappa shape index (κ1) is 17.9. The summed E-state index contributed by atoms with van der Waals surface area (Å²) in [5.41, 5.74) is 2.22. The predicted octanol–water partition coefficient (Wildman–Crippen LogP) is 3.49. The SMILES string of the molecule is C=CCN(Cc1cnc(NC(C)C)nc1)Cc1ccccc1OC. The minimum absolute atomic E-state index is 0.318. The lowest BCUT2D eigenvalue weighted by Crippen LogP contribution is -2.23. The Balaban J connectivity index is 2.06. The van der Waals surface area contributed by atoms with Gasteiger partial charge in [0.2, 0.25) is 5.95 Å². The van der Waals surface area contributed by atoms with E-state index in [2.05, 4.69) is 46.7 Å². The first-order valence-corrected chi connectivity index (χ1v) is 8.15. The third-order valence-corrected chi connectivity index (χ3v) is 3.50. The number of ether oxygens (including phenoxy) is 1. The van der Waals surface area contributed by atoms with E-state index in [0.29, 0.717) is 12.0 Å². The van der Waals surface area contributed by atoms with Gasteiger partial charge in [-0.2, -0.15) is 0 Å². The van der Waals surface area contributed by atoms with Gasteiger partial charge >= 0.3 is 0 Å². The van der Waals surface area contributed by atoms with Crippen LogP contribution in [0.1, 0.15) is 25.0 Å². The van der Waals surface area contributed by atoms with Crippen molar-refractivity contribution in [2.24, 2.45) is 0 Å². The Bertz CT molecular complexity index is 640. The molecule has 5 nitrogen and oxygen atoms in total. The number of benzene rings is 1. The van der Waals surface area contributed by atoms with Crippen molar-refractivity contribution in [2.75, 3.05) is 19.0 Å². The quantitative estimate of drug-likeness (QED) is 0.715. The van der Waals surface area contributed by atoms with Crippen LogP contribution < -0.4 is 10.1 Å². The highest BCUT2D eigenvalue weighted by Gasteiger charge is 2.10. The van der Waals surface area contributed by atoms with Gasteiger partial charge in [0.05, 0.1) is 7.11 Å². The van der Waals surface area contributed by atoms with E-state index in [1.165, 1.54) is 0 Å². The third-order valence-electron chi connectivity index (χ3n) is 3.50. The molecule has 128 valence electrons. The van der Waals surface area contributed by atoms with Crippen LogP contribution in [-0.2, 0) is 13.1 Å². The first-order valence-electron chi connectivity index (χ1n) is 8.15. The first-order chi connectivity index (χ1) is 11.6. The molecule has 24 heavy (non-hydrogen) atoms. The van der Waals surface area contributed by atoms with Gasteiger partial charge < -0.3 is 10.1 Å². The Morgan fingerprint density at radius 3 is 2.54 bits per heavy atom. The summed E-state index contributed by atoms with van der Waals surface area (Å²) >= 11 is 0. The zero-order valence-electron chi connectivity index (χ0n) is 14.7. The number of nitrogens with one attached hydrogen (secondary N) is 1. The molecule has 0 saturated carbocycles. The van der Waals surface area contributed by atoms with Crippen molar-refractivity contribution < 1.29 is 4.74 Å². The highest BCUT2D eigenvalue weighted by molar-refractivity contribution is 5.33. The van der Waals surface area contributed by atoms with Gasteiger partial charge in [0.1, 0.15) is 5.75 Å². The average Bonchev–Trinajstić information content (AvgIpc) is 2.57. The molecule has 0 aliphatic rings. The van der Waals surface area contributed by atoms with Gasteiger partial charge in [0.15, 0.2) is 0 Å². The smallest absolute Gasteiger partial charge is 0.222 e. The van der Waals surface area contributed by atoms with E-state index in [1.54, 1.807) is 7.11 Å². The number of hydrogen-bond acceptors (Lipinski definition) is 5. The zero-order chi connectivity index (χ0) is 17.4. The Morgan fingerprint density at radius 2 is 1.92 bits per heavy atom. The molecule has 1 aromatic carbocycles. The maximum absolute atomic E-state index is 5.44. The van der Waals surface area contributed by atoms with Crippen LogP contribution in [0.15, 0.2) is 49.3 Å². The zero-order valence-corrected chi connectivity index (χ0v) is 14.7. The summed E-state index contributed by atoms with van der Waals surface area (Å²) in [6.45, 7) is 10.3. The van der Waals surface area contributed by atoms with Gasteiger partial charge in [0, 0.05) is 49.2 Å². The Kier molecular flexibility index (Phi) is 6.75. The fourth-order valence-electron chi connectivity index (χ4n) is 2.47. The molecule has 2 rings (SSSR count). The van der Waals surface area contributed by atoms with Crippen LogP contribution in [0.5, 0.6) is 5.75 Å². The third kappa shape index (κ3) is 5.35. The van der Waals surface area contributed by atoms with Crippen LogP contribution in [-0.4, -0.2) is 34.6 Å². The molecule has 0 spiro atoms. The van der Waals surface area contributed by atoms with E-state index in [9.17, 15) is 0 Å². The van der Waals surface area contributed by atoms with Crippen LogP contribution in [0.4, 0.5) is 5.95 Å². The van der Waals surface area contributed by atoms with Crippen LogP contribution in [0, 0.1) is 0 Å². The monoisotopic (exact) mass is 326 g/mol. The highest BCUT2D eigenvalue weighted by atomic mass is 16.5. The summed E-state index contributed by atoms with van der Waals surface area (Å²) in [7, 11) is 1.70. The van der Waals surface area contributed by atoms with E-state index < -0.39 is 0 Å². The van der Waals surface area contributed by atoms with Crippen molar-refractivity contribution in [3.63, 3.8) is 0 Å². The lowest BCUT2D eigenvalue weighted by Gasteiger charge is -2.22. The summed E-state index contributed by atoms with van der Waals surface area (Å²) in [6.07, 6.45) is 5.65. The molecule has 0 saturated heterocycles. The van der Waals surface area contributed by atoms with Gasteiger partial charge in [-0.3, -0.25) is 4.90 Å². The van der Waals surface area contributed by atoms with Crippen LogP contribution in [0.3, 0.4) is 0 Å². The molecule has 1 aromatic heterocycles. The van der Waals surface area contributed by atoms with E-state index in [4.69, 9.17) is 4.74 Å². The summed E-state index contributed by atoms with van der Waals surface area (Å²) < 4.78 is 5.44. The second kappa shape index (κ2) is 9.03. The molecule has 0 amide bonds. The standard InChI is InChI=1S/C19H26N4O/c1-5-10-23(14-17-8-6-7-9-18(17)24-4)13-16-11-20-19(21-12-16)22-15(2)3/h5-9,11-12,15H,1,10,13-14H2,2-4H3,(H,20,21,22). The molecule has 0 bridgehead atoms. The van der Waals surface area contributed by atoms with Crippen LogP contribution in [0.2, 0.25) is 0 Å². The number of hydrogen-bond donors (Lipinski definition) is 1. The van der Waals surface area contributed by atoms with Gasteiger partial charge in [0.25, 0.3) is 0 Å². The molecule has 2 aromatic rings. The van der Waals surface area contributed by atoms with Gasteiger partial charge in [-0.1, -0.05) is 24.3 Å². The lowest BCUT2D eigenvalue weighted by molar-refractivity contribution is 0.279. The lowest BCUT2D eigenvalue weighted by atomic mass is 10.1. The predicted molar refractivity (Wildman–Crippen MR) is 98.1 cm³/mol. The Morgan fingerprint density at radius 1 is 1.21 bits per heavy atom. The minimum Gasteiger partial charge on any atom is -0.496 e. The van der Waals surface area contributed by atoms with Crippen molar-refractivity contribution in [1.29, 1.82) is 0 Å². The molecular formula is C19H26N4O. The molecular weight excluding hydrogens is 300 g/mol. The molecule has 0 radical (unpaired) electrons. The Hall–Kier alpha value is -2.40. The molecule has 0 aliphatic carbocycles. The maximum Gasteiger partial charge on any atom is 0.222 e. The van der Waals surface area contributed by atoms with Gasteiger partial charge in [-0.15, -0.1) is 6.58 Å². The highest BCUT2D eigenvalue weighted by Crippen LogP contribution is 2.20. The second-order valence-corrected chi connectivity index (χ2v) is 5.98. The Labute approximate surface area is 144 Å². The topological polar surface area (TPSA) is 50.3 Å². The van der Waals surface area contributed by atoms with Crippen molar-refractivity contribution in [3.8, 4) is 5.75 Å². The fourth-order valence-corrected chi connectivity index (χ4v) is 2.47. The van der Waals surface area contributed by atoms with E-state index in [1.807, 2.05) is 36.7 Å². The molecule has 1 heterocycles. The van der Waals surface area contributed by atoms with Crippen LogP contribution >= 0.6 is 0 Å². The van der Waals surface area contributed by atoms with Gasteiger partial charge in [-0.25, -0.2) is 9.97 Å². The summed E-state index contributed by atoms with van der Waals surface area (Å²) in [5, 5.41) is 3.20. The normalized spacial score (nSPS) is 10.9. The summed E-state index contributed by atoms with van der Waals surface area (Å²) in [6, 6.07) is 8.39. The van der Waals surface area contributed by atoms with E-state index in [0.717, 1.165) is 36.5 Å². The number of nitrogens with zero attached hydrogens (tertiary/aromatic N) is 3. The van der Waals surface area contributed by atoms with Crippen molar-refractivity contribution in [1.82, 2.24) is 14.9 Å². The number of para-hydroxylation sites is 1. The van der Waals surface area contributed by atoms with E-state index >= 15 is 0 Å². The van der Waals surface area contributed by atoms with Gasteiger partial charge in [-0.05, 0) is 19.9 Å². The number of aromatic nitrogens is 2. The second-order valence-electron chi connectivity index (χ2n) is 5.98. The largest absolute Gasteiger partial charge is 0.496 e. The number of methoxy groups -OCH3 is 1. The van der Waals surface area contributed by atoms with Crippen LogP contribution in [0.25, 0.3) is 0 Å². The van der Waals surface area contributed by atoms with E-state index in [-0.39, 0.29) is 0 Å². The molecule has 0 unspecified atom stereocenters. The fraction of sp³-hybridized carbons (Fsp3) is 0.368. The molecule has 1 N–H and O–H groups in total. The summed E-state index contributed by atoms with van der Waals surface area (Å²) in [4.78, 5) is 11.0. The molecule has 0 aliphatic heterocycles. The van der Waals surface area contributed by atoms with Crippen molar-refractivity contribution >= 4 is 5.95 Å². The average molecular weight is 326 g/mol.